The summed E-state index contributed by atoms with van der Waals surface area (Å²) in [4.78, 5) is 12.2. The summed E-state index contributed by atoms with van der Waals surface area (Å²) in [6, 6.07) is 14.9. The van der Waals surface area contributed by atoms with E-state index < -0.39 is 0 Å². The van der Waals surface area contributed by atoms with Crippen LogP contribution in [0.15, 0.2) is 48.5 Å². The van der Waals surface area contributed by atoms with E-state index in [-0.39, 0.29) is 18.4 Å². The maximum atomic E-state index is 12.2. The van der Waals surface area contributed by atoms with E-state index in [2.05, 4.69) is 5.32 Å². The highest BCUT2D eigenvalue weighted by atomic mass is 16.5. The Morgan fingerprint density at radius 2 is 1.86 bits per heavy atom. The SMILES string of the molecule is COc1ccccc1CC(=O)Nc1ccccc1C(C)N. The van der Waals surface area contributed by atoms with Crippen LogP contribution in [0.5, 0.6) is 5.75 Å². The van der Waals surface area contributed by atoms with Gasteiger partial charge in [-0.1, -0.05) is 36.4 Å². The Balaban J connectivity index is 2.12. The Morgan fingerprint density at radius 1 is 1.19 bits per heavy atom. The van der Waals surface area contributed by atoms with Crippen LogP contribution in [0.1, 0.15) is 24.1 Å². The predicted molar refractivity (Wildman–Crippen MR) is 84.4 cm³/mol. The van der Waals surface area contributed by atoms with Crippen LogP contribution in [0, 0.1) is 0 Å². The molecule has 0 fully saturated rings. The number of methoxy groups -OCH3 is 1. The number of rotatable bonds is 5. The fourth-order valence-electron chi connectivity index (χ4n) is 2.22. The van der Waals surface area contributed by atoms with Crippen molar-refractivity contribution < 1.29 is 9.53 Å². The van der Waals surface area contributed by atoms with Crippen molar-refractivity contribution in [2.75, 3.05) is 12.4 Å². The first-order valence-corrected chi connectivity index (χ1v) is 6.88. The van der Waals surface area contributed by atoms with Crippen molar-refractivity contribution in [1.82, 2.24) is 0 Å². The molecule has 2 aromatic carbocycles. The molecule has 0 aliphatic carbocycles. The van der Waals surface area contributed by atoms with Gasteiger partial charge in [0.15, 0.2) is 0 Å². The first kappa shape index (κ1) is 15.1. The summed E-state index contributed by atoms with van der Waals surface area (Å²) >= 11 is 0. The maximum Gasteiger partial charge on any atom is 0.228 e. The molecular formula is C17H20N2O2. The fourth-order valence-corrected chi connectivity index (χ4v) is 2.22. The maximum absolute atomic E-state index is 12.2. The lowest BCUT2D eigenvalue weighted by Gasteiger charge is -2.14. The monoisotopic (exact) mass is 284 g/mol. The lowest BCUT2D eigenvalue weighted by molar-refractivity contribution is -0.115. The summed E-state index contributed by atoms with van der Waals surface area (Å²) in [6.07, 6.45) is 0.261. The molecule has 4 nitrogen and oxygen atoms in total. The Morgan fingerprint density at radius 3 is 2.57 bits per heavy atom. The molecule has 110 valence electrons. The van der Waals surface area contributed by atoms with Gasteiger partial charge in [-0.25, -0.2) is 0 Å². The van der Waals surface area contributed by atoms with E-state index in [1.54, 1.807) is 7.11 Å². The minimum absolute atomic E-state index is 0.0902. The highest BCUT2D eigenvalue weighted by Gasteiger charge is 2.11. The molecule has 1 amide bonds. The van der Waals surface area contributed by atoms with E-state index in [4.69, 9.17) is 10.5 Å². The fraction of sp³-hybridized carbons (Fsp3) is 0.235. The molecule has 0 spiro atoms. The number of carbonyl (C=O) groups is 1. The van der Waals surface area contributed by atoms with Gasteiger partial charge in [-0.05, 0) is 24.6 Å². The second-order valence-electron chi connectivity index (χ2n) is 4.91. The van der Waals surface area contributed by atoms with Crippen LogP contribution in [-0.4, -0.2) is 13.0 Å². The molecule has 3 N–H and O–H groups in total. The number of anilines is 1. The molecule has 2 rings (SSSR count). The summed E-state index contributed by atoms with van der Waals surface area (Å²) in [5.41, 5.74) is 8.45. The topological polar surface area (TPSA) is 64.3 Å². The van der Waals surface area contributed by atoms with Crippen LogP contribution in [0.25, 0.3) is 0 Å². The molecule has 4 heteroatoms. The van der Waals surface area contributed by atoms with E-state index in [1.807, 2.05) is 55.5 Å². The number of nitrogens with one attached hydrogen (secondary N) is 1. The predicted octanol–water partition coefficient (Wildman–Crippen LogP) is 2.90. The summed E-state index contributed by atoms with van der Waals surface area (Å²) in [5, 5.41) is 2.92. The number of carbonyl (C=O) groups excluding carboxylic acids is 1. The smallest absolute Gasteiger partial charge is 0.228 e. The third-order valence-corrected chi connectivity index (χ3v) is 3.27. The highest BCUT2D eigenvalue weighted by Crippen LogP contribution is 2.22. The lowest BCUT2D eigenvalue weighted by Crippen LogP contribution is -2.17. The zero-order valence-corrected chi connectivity index (χ0v) is 12.3. The third-order valence-electron chi connectivity index (χ3n) is 3.27. The van der Waals surface area contributed by atoms with Crippen molar-refractivity contribution in [2.24, 2.45) is 5.73 Å². The van der Waals surface area contributed by atoms with Crippen molar-refractivity contribution in [3.63, 3.8) is 0 Å². The van der Waals surface area contributed by atoms with E-state index in [0.717, 1.165) is 16.8 Å². The van der Waals surface area contributed by atoms with Crippen LogP contribution in [0.3, 0.4) is 0 Å². The minimum Gasteiger partial charge on any atom is -0.496 e. The van der Waals surface area contributed by atoms with Crippen molar-refractivity contribution in [3.8, 4) is 5.75 Å². The quantitative estimate of drug-likeness (QED) is 0.887. The molecule has 0 heterocycles. The number of para-hydroxylation sites is 2. The van der Waals surface area contributed by atoms with Crippen LogP contribution in [0.2, 0.25) is 0 Å². The van der Waals surface area contributed by atoms with E-state index in [0.29, 0.717) is 5.75 Å². The highest BCUT2D eigenvalue weighted by molar-refractivity contribution is 5.93. The molecule has 0 aromatic heterocycles. The summed E-state index contributed by atoms with van der Waals surface area (Å²) in [6.45, 7) is 1.89. The normalized spacial score (nSPS) is 11.8. The molecule has 0 aliphatic heterocycles. The number of hydrogen-bond acceptors (Lipinski definition) is 3. The lowest BCUT2D eigenvalue weighted by atomic mass is 10.1. The number of hydrogen-bond donors (Lipinski definition) is 2. The van der Waals surface area contributed by atoms with Crippen molar-refractivity contribution in [3.05, 3.63) is 59.7 Å². The third kappa shape index (κ3) is 3.83. The molecule has 0 saturated heterocycles. The zero-order chi connectivity index (χ0) is 15.2. The van der Waals surface area contributed by atoms with Gasteiger partial charge in [-0.3, -0.25) is 4.79 Å². The molecule has 1 atom stereocenters. The number of amides is 1. The number of benzene rings is 2. The van der Waals surface area contributed by atoms with Crippen LogP contribution < -0.4 is 15.8 Å². The largest absolute Gasteiger partial charge is 0.496 e. The van der Waals surface area contributed by atoms with Crippen molar-refractivity contribution in [1.29, 1.82) is 0 Å². The van der Waals surface area contributed by atoms with Gasteiger partial charge in [0.25, 0.3) is 0 Å². The van der Waals surface area contributed by atoms with Crippen molar-refractivity contribution in [2.45, 2.75) is 19.4 Å². The van der Waals surface area contributed by atoms with Gasteiger partial charge in [-0.15, -0.1) is 0 Å². The minimum atomic E-state index is -0.132. The van der Waals surface area contributed by atoms with Crippen LogP contribution >= 0.6 is 0 Å². The molecule has 0 aliphatic rings. The zero-order valence-electron chi connectivity index (χ0n) is 12.3. The standard InChI is InChI=1S/C17H20N2O2/c1-12(18)14-8-4-5-9-15(14)19-17(20)11-13-7-3-6-10-16(13)21-2/h3-10,12H,11,18H2,1-2H3,(H,19,20). The first-order valence-electron chi connectivity index (χ1n) is 6.88. The van der Waals surface area contributed by atoms with Gasteiger partial charge in [0, 0.05) is 17.3 Å². The number of nitrogens with two attached hydrogens (primary N) is 1. The Kier molecular flexibility index (Phi) is 4.95. The van der Waals surface area contributed by atoms with E-state index >= 15 is 0 Å². The van der Waals surface area contributed by atoms with E-state index in [9.17, 15) is 4.79 Å². The summed E-state index contributed by atoms with van der Waals surface area (Å²) in [7, 11) is 1.60. The second kappa shape index (κ2) is 6.90. The van der Waals surface area contributed by atoms with Crippen LogP contribution in [0.4, 0.5) is 5.69 Å². The second-order valence-corrected chi connectivity index (χ2v) is 4.91. The Labute approximate surface area is 124 Å². The molecule has 0 radical (unpaired) electrons. The Hall–Kier alpha value is -2.33. The van der Waals surface area contributed by atoms with Gasteiger partial charge in [-0.2, -0.15) is 0 Å². The van der Waals surface area contributed by atoms with Gasteiger partial charge >= 0.3 is 0 Å². The molecule has 0 bridgehead atoms. The van der Waals surface area contributed by atoms with Crippen LogP contribution in [-0.2, 0) is 11.2 Å². The van der Waals surface area contributed by atoms with E-state index in [1.165, 1.54) is 0 Å². The average molecular weight is 284 g/mol. The van der Waals surface area contributed by atoms with Gasteiger partial charge in [0.1, 0.15) is 5.75 Å². The van der Waals surface area contributed by atoms with Crippen molar-refractivity contribution >= 4 is 11.6 Å². The molecule has 0 saturated carbocycles. The first-order chi connectivity index (χ1) is 10.1. The molecule has 1 unspecified atom stereocenters. The van der Waals surface area contributed by atoms with Gasteiger partial charge < -0.3 is 15.8 Å². The Bertz CT molecular complexity index is 624. The number of ether oxygens (including phenoxy) is 1. The summed E-state index contributed by atoms with van der Waals surface area (Å²) in [5.74, 6) is 0.626. The summed E-state index contributed by atoms with van der Waals surface area (Å²) < 4.78 is 5.26. The molecule has 21 heavy (non-hydrogen) atoms. The van der Waals surface area contributed by atoms with Gasteiger partial charge in [0.2, 0.25) is 5.91 Å². The molecule has 2 aromatic rings. The van der Waals surface area contributed by atoms with Gasteiger partial charge in [0.05, 0.1) is 13.5 Å². The average Bonchev–Trinajstić information content (AvgIpc) is 2.48. The molecular weight excluding hydrogens is 264 g/mol.